The lowest BCUT2D eigenvalue weighted by molar-refractivity contribution is -0.131. The zero-order valence-corrected chi connectivity index (χ0v) is 16.7. The molecule has 1 aliphatic heterocycles. The van der Waals surface area contributed by atoms with Gasteiger partial charge >= 0.3 is 0 Å². The van der Waals surface area contributed by atoms with Crippen LogP contribution >= 0.6 is 0 Å². The SMILES string of the molecule is COc1ccc(N2CCN(C(=O)CN(C(C)=O)c3cccc(C#N)c3)CC2)cc1. The van der Waals surface area contributed by atoms with Crippen molar-refractivity contribution >= 4 is 23.2 Å². The van der Waals surface area contributed by atoms with Gasteiger partial charge in [-0.25, -0.2) is 0 Å². The molecule has 0 aromatic heterocycles. The largest absolute Gasteiger partial charge is 0.497 e. The summed E-state index contributed by atoms with van der Waals surface area (Å²) in [4.78, 5) is 30.3. The van der Waals surface area contributed by atoms with Crippen molar-refractivity contribution in [2.45, 2.75) is 6.92 Å². The molecule has 7 nitrogen and oxygen atoms in total. The molecule has 150 valence electrons. The minimum atomic E-state index is -0.231. The summed E-state index contributed by atoms with van der Waals surface area (Å²) in [6.07, 6.45) is 0. The van der Waals surface area contributed by atoms with Gasteiger partial charge in [-0.15, -0.1) is 0 Å². The molecule has 1 aliphatic rings. The fourth-order valence-electron chi connectivity index (χ4n) is 3.37. The maximum Gasteiger partial charge on any atom is 0.242 e. The van der Waals surface area contributed by atoms with Crippen LogP contribution in [-0.2, 0) is 9.59 Å². The number of anilines is 2. The number of hydrogen-bond donors (Lipinski definition) is 0. The van der Waals surface area contributed by atoms with Gasteiger partial charge < -0.3 is 19.4 Å². The summed E-state index contributed by atoms with van der Waals surface area (Å²) in [5, 5.41) is 9.08. The number of carbonyl (C=O) groups excluding carboxylic acids is 2. The third-order valence-electron chi connectivity index (χ3n) is 5.03. The fraction of sp³-hybridized carbons (Fsp3) is 0.318. The Morgan fingerprint density at radius 1 is 1.10 bits per heavy atom. The molecule has 0 spiro atoms. The minimum absolute atomic E-state index is 0.0350. The molecule has 0 aliphatic carbocycles. The molecule has 0 bridgehead atoms. The number of methoxy groups -OCH3 is 1. The number of carbonyl (C=O) groups is 2. The maximum absolute atomic E-state index is 12.8. The minimum Gasteiger partial charge on any atom is -0.497 e. The standard InChI is InChI=1S/C22H24N4O3/c1-17(27)26(20-5-3-4-18(14-20)15-23)16-22(28)25-12-10-24(11-13-25)19-6-8-21(29-2)9-7-19/h3-9,14H,10-13,16H2,1-2H3. The Kier molecular flexibility index (Phi) is 6.35. The molecule has 0 N–H and O–H groups in total. The molecule has 1 heterocycles. The first-order valence-corrected chi connectivity index (χ1v) is 9.47. The van der Waals surface area contributed by atoms with Crippen LogP contribution in [0.2, 0.25) is 0 Å². The number of amides is 2. The molecule has 0 atom stereocenters. The van der Waals surface area contributed by atoms with Crippen molar-refractivity contribution in [2.24, 2.45) is 0 Å². The summed E-state index contributed by atoms with van der Waals surface area (Å²) in [6, 6.07) is 16.7. The molecule has 3 rings (SSSR count). The maximum atomic E-state index is 12.8. The van der Waals surface area contributed by atoms with Crippen molar-refractivity contribution < 1.29 is 14.3 Å². The second kappa shape index (κ2) is 9.11. The molecule has 7 heteroatoms. The van der Waals surface area contributed by atoms with Crippen LogP contribution in [0.5, 0.6) is 5.75 Å². The monoisotopic (exact) mass is 392 g/mol. The number of nitrogens with zero attached hydrogens (tertiary/aromatic N) is 4. The Bertz CT molecular complexity index is 912. The predicted octanol–water partition coefficient (Wildman–Crippen LogP) is 2.27. The van der Waals surface area contributed by atoms with E-state index in [1.54, 1.807) is 36.3 Å². The van der Waals surface area contributed by atoms with Gasteiger partial charge in [0.25, 0.3) is 0 Å². The molecule has 1 saturated heterocycles. The second-order valence-electron chi connectivity index (χ2n) is 6.83. The van der Waals surface area contributed by atoms with E-state index in [9.17, 15) is 9.59 Å². The normalized spacial score (nSPS) is 13.6. The van der Waals surface area contributed by atoms with Gasteiger partial charge in [-0.1, -0.05) is 6.07 Å². The average Bonchev–Trinajstić information content (AvgIpc) is 2.77. The molecule has 0 radical (unpaired) electrons. The summed E-state index contributed by atoms with van der Waals surface area (Å²) in [5.74, 6) is 0.481. The van der Waals surface area contributed by atoms with Gasteiger partial charge in [-0.05, 0) is 42.5 Å². The summed E-state index contributed by atoms with van der Waals surface area (Å²) in [5.41, 5.74) is 2.10. The van der Waals surface area contributed by atoms with E-state index in [1.807, 2.05) is 24.3 Å². The lowest BCUT2D eigenvalue weighted by atomic mass is 10.2. The number of nitriles is 1. The van der Waals surface area contributed by atoms with Gasteiger partial charge in [0, 0.05) is 44.5 Å². The third kappa shape index (κ3) is 4.85. The van der Waals surface area contributed by atoms with Gasteiger partial charge in [-0.3, -0.25) is 9.59 Å². The molecule has 29 heavy (non-hydrogen) atoms. The van der Waals surface area contributed by atoms with E-state index in [4.69, 9.17) is 10.00 Å². The number of rotatable bonds is 5. The van der Waals surface area contributed by atoms with E-state index >= 15 is 0 Å². The smallest absolute Gasteiger partial charge is 0.242 e. The Labute approximate surface area is 170 Å². The van der Waals surface area contributed by atoms with Crippen molar-refractivity contribution in [3.8, 4) is 11.8 Å². The van der Waals surface area contributed by atoms with E-state index in [2.05, 4.69) is 11.0 Å². The third-order valence-corrected chi connectivity index (χ3v) is 5.03. The van der Waals surface area contributed by atoms with Gasteiger partial charge in [0.05, 0.1) is 18.7 Å². The number of ether oxygens (including phenoxy) is 1. The first-order chi connectivity index (χ1) is 14.0. The first-order valence-electron chi connectivity index (χ1n) is 9.47. The Morgan fingerprint density at radius 3 is 2.38 bits per heavy atom. The molecule has 0 unspecified atom stereocenters. The Morgan fingerprint density at radius 2 is 1.79 bits per heavy atom. The summed E-state index contributed by atoms with van der Waals surface area (Å²) in [7, 11) is 1.64. The van der Waals surface area contributed by atoms with E-state index in [0.717, 1.165) is 24.5 Å². The van der Waals surface area contributed by atoms with Crippen LogP contribution < -0.4 is 14.5 Å². The molecular formula is C22H24N4O3. The van der Waals surface area contributed by atoms with Crippen molar-refractivity contribution in [3.63, 3.8) is 0 Å². The lowest BCUT2D eigenvalue weighted by Crippen LogP contribution is -2.51. The first kappa shape index (κ1) is 20.2. The highest BCUT2D eigenvalue weighted by Gasteiger charge is 2.24. The van der Waals surface area contributed by atoms with Crippen molar-refractivity contribution in [1.29, 1.82) is 5.26 Å². The van der Waals surface area contributed by atoms with Crippen LogP contribution in [-0.4, -0.2) is 56.5 Å². The van der Waals surface area contributed by atoms with E-state index in [0.29, 0.717) is 24.3 Å². The van der Waals surface area contributed by atoms with Crippen molar-refractivity contribution in [2.75, 3.05) is 49.6 Å². The molecule has 1 fully saturated rings. The Balaban J connectivity index is 1.61. The van der Waals surface area contributed by atoms with Crippen LogP contribution in [0.4, 0.5) is 11.4 Å². The second-order valence-corrected chi connectivity index (χ2v) is 6.83. The van der Waals surface area contributed by atoms with Crippen LogP contribution in [0.15, 0.2) is 48.5 Å². The summed E-state index contributed by atoms with van der Waals surface area (Å²) >= 11 is 0. The van der Waals surface area contributed by atoms with E-state index in [-0.39, 0.29) is 18.4 Å². The van der Waals surface area contributed by atoms with Crippen LogP contribution in [0.1, 0.15) is 12.5 Å². The Hall–Kier alpha value is -3.53. The highest BCUT2D eigenvalue weighted by atomic mass is 16.5. The van der Waals surface area contributed by atoms with Crippen molar-refractivity contribution in [3.05, 3.63) is 54.1 Å². The molecule has 2 aromatic rings. The molecule has 2 amide bonds. The predicted molar refractivity (Wildman–Crippen MR) is 111 cm³/mol. The highest BCUT2D eigenvalue weighted by Crippen LogP contribution is 2.21. The zero-order valence-electron chi connectivity index (χ0n) is 16.7. The number of hydrogen-bond acceptors (Lipinski definition) is 5. The van der Waals surface area contributed by atoms with Gasteiger partial charge in [-0.2, -0.15) is 5.26 Å². The summed E-state index contributed by atoms with van der Waals surface area (Å²) < 4.78 is 5.19. The summed E-state index contributed by atoms with van der Waals surface area (Å²) in [6.45, 7) is 4.02. The van der Waals surface area contributed by atoms with E-state index in [1.165, 1.54) is 11.8 Å². The van der Waals surface area contributed by atoms with Gasteiger partial charge in [0.1, 0.15) is 12.3 Å². The van der Waals surface area contributed by atoms with Crippen molar-refractivity contribution in [1.82, 2.24) is 4.90 Å². The average molecular weight is 392 g/mol. The zero-order chi connectivity index (χ0) is 20.8. The number of benzene rings is 2. The highest BCUT2D eigenvalue weighted by molar-refractivity contribution is 5.97. The molecule has 2 aromatic carbocycles. The number of piperazine rings is 1. The molecule has 0 saturated carbocycles. The van der Waals surface area contributed by atoms with Crippen LogP contribution in [0, 0.1) is 11.3 Å². The fourth-order valence-corrected chi connectivity index (χ4v) is 3.37. The molecular weight excluding hydrogens is 368 g/mol. The quantitative estimate of drug-likeness (QED) is 0.780. The van der Waals surface area contributed by atoms with Crippen LogP contribution in [0.3, 0.4) is 0 Å². The van der Waals surface area contributed by atoms with Crippen LogP contribution in [0.25, 0.3) is 0 Å². The topological polar surface area (TPSA) is 76.9 Å². The van der Waals surface area contributed by atoms with Gasteiger partial charge in [0.15, 0.2) is 0 Å². The van der Waals surface area contributed by atoms with Gasteiger partial charge in [0.2, 0.25) is 11.8 Å². The van der Waals surface area contributed by atoms with E-state index < -0.39 is 0 Å². The lowest BCUT2D eigenvalue weighted by Gasteiger charge is -2.37.